The molecule has 0 atom stereocenters. The summed E-state index contributed by atoms with van der Waals surface area (Å²) < 4.78 is 32.0. The highest BCUT2D eigenvalue weighted by molar-refractivity contribution is 7.89. The van der Waals surface area contributed by atoms with Gasteiger partial charge in [-0.1, -0.05) is 22.9 Å². The van der Waals surface area contributed by atoms with Crippen LogP contribution in [-0.4, -0.2) is 26.0 Å². The van der Waals surface area contributed by atoms with Gasteiger partial charge in [0.05, 0.1) is 11.4 Å². The van der Waals surface area contributed by atoms with E-state index in [0.717, 1.165) is 5.56 Å². The molecule has 0 bridgehead atoms. The number of carbonyl (C=O) groups is 1. The molecule has 0 aliphatic heterocycles. The molecular weight excluding hydrogens is 318 g/mol. The van der Waals surface area contributed by atoms with E-state index in [0.29, 0.717) is 16.9 Å². The molecule has 0 saturated heterocycles. The van der Waals surface area contributed by atoms with E-state index in [-0.39, 0.29) is 17.3 Å². The van der Waals surface area contributed by atoms with Crippen LogP contribution in [0.25, 0.3) is 0 Å². The Kier molecular flexibility index (Phi) is 4.86. The van der Waals surface area contributed by atoms with Gasteiger partial charge in [0.2, 0.25) is 15.9 Å². The quantitative estimate of drug-likeness (QED) is 0.866. The largest absolute Gasteiger partial charge is 0.360 e. The fourth-order valence-corrected chi connectivity index (χ4v) is 3.87. The summed E-state index contributed by atoms with van der Waals surface area (Å²) in [5.74, 6) is 0.269. The number of carbonyl (C=O) groups excluding carboxylic acids is 1. The molecule has 8 heteroatoms. The molecule has 1 heterocycles. The van der Waals surface area contributed by atoms with Crippen LogP contribution in [0.1, 0.15) is 22.5 Å². The molecule has 0 fully saturated rings. The molecule has 124 valence electrons. The number of hydrogen-bond acceptors (Lipinski definition) is 5. The minimum Gasteiger partial charge on any atom is -0.360 e. The molecular formula is C15H19N3O4S. The Hall–Kier alpha value is -2.19. The van der Waals surface area contributed by atoms with E-state index >= 15 is 0 Å². The Morgan fingerprint density at radius 3 is 2.26 bits per heavy atom. The van der Waals surface area contributed by atoms with Crippen molar-refractivity contribution in [2.45, 2.75) is 32.6 Å². The Bertz CT molecular complexity index is 817. The SMILES string of the molecule is Cc1cc(C)c(S(=O)(=O)NCC(=O)Nc2cc(C)on2)c(C)c1. The highest BCUT2D eigenvalue weighted by Crippen LogP contribution is 2.21. The first-order valence-electron chi connectivity index (χ1n) is 7.00. The molecule has 0 aliphatic carbocycles. The van der Waals surface area contributed by atoms with Crippen LogP contribution in [0.5, 0.6) is 0 Å². The topological polar surface area (TPSA) is 101 Å². The molecule has 0 aliphatic rings. The Morgan fingerprint density at radius 1 is 1.13 bits per heavy atom. The second-order valence-corrected chi connectivity index (χ2v) is 7.13. The maximum absolute atomic E-state index is 12.4. The van der Waals surface area contributed by atoms with Crippen LogP contribution in [0.2, 0.25) is 0 Å². The minimum absolute atomic E-state index is 0.202. The minimum atomic E-state index is -3.78. The summed E-state index contributed by atoms with van der Waals surface area (Å²) in [6, 6.07) is 5.13. The number of nitrogens with one attached hydrogen (secondary N) is 2. The van der Waals surface area contributed by atoms with Gasteiger partial charge in [-0.3, -0.25) is 4.79 Å². The lowest BCUT2D eigenvalue weighted by Gasteiger charge is -2.12. The zero-order valence-corrected chi connectivity index (χ0v) is 14.2. The molecule has 0 unspecified atom stereocenters. The van der Waals surface area contributed by atoms with Gasteiger partial charge >= 0.3 is 0 Å². The molecule has 0 spiro atoms. The lowest BCUT2D eigenvalue weighted by molar-refractivity contribution is -0.115. The molecule has 1 amide bonds. The molecule has 23 heavy (non-hydrogen) atoms. The Labute approximate surface area is 135 Å². The lowest BCUT2D eigenvalue weighted by atomic mass is 10.1. The van der Waals surface area contributed by atoms with Crippen molar-refractivity contribution in [2.75, 3.05) is 11.9 Å². The average molecular weight is 337 g/mol. The van der Waals surface area contributed by atoms with Crippen molar-refractivity contribution in [2.24, 2.45) is 0 Å². The van der Waals surface area contributed by atoms with Crippen LogP contribution < -0.4 is 10.0 Å². The summed E-state index contributed by atoms with van der Waals surface area (Å²) >= 11 is 0. The van der Waals surface area contributed by atoms with Crippen LogP contribution in [0.3, 0.4) is 0 Å². The van der Waals surface area contributed by atoms with Gasteiger partial charge in [-0.2, -0.15) is 0 Å². The summed E-state index contributed by atoms with van der Waals surface area (Å²) in [4.78, 5) is 12.0. The van der Waals surface area contributed by atoms with Crippen molar-refractivity contribution in [3.05, 3.63) is 40.6 Å². The smallest absolute Gasteiger partial charge is 0.241 e. The number of sulfonamides is 1. The zero-order chi connectivity index (χ0) is 17.2. The molecule has 0 saturated carbocycles. The number of nitrogens with zero attached hydrogens (tertiary/aromatic N) is 1. The van der Waals surface area contributed by atoms with Gasteiger partial charge in [0.25, 0.3) is 0 Å². The van der Waals surface area contributed by atoms with Gasteiger partial charge in [-0.15, -0.1) is 0 Å². The van der Waals surface area contributed by atoms with Gasteiger partial charge in [0.1, 0.15) is 5.76 Å². The van der Waals surface area contributed by atoms with Crippen molar-refractivity contribution in [3.63, 3.8) is 0 Å². The maximum atomic E-state index is 12.4. The summed E-state index contributed by atoms with van der Waals surface area (Å²) in [5, 5.41) is 6.07. The molecule has 1 aromatic carbocycles. The zero-order valence-electron chi connectivity index (χ0n) is 13.4. The Balaban J connectivity index is 2.09. The standard InChI is InChI=1S/C15H19N3O4S/c1-9-5-10(2)15(11(3)6-9)23(20,21)16-8-14(19)17-13-7-12(4)22-18-13/h5-7,16H,8H2,1-4H3,(H,17,18,19). The van der Waals surface area contributed by atoms with E-state index in [1.54, 1.807) is 39.0 Å². The van der Waals surface area contributed by atoms with Crippen LogP contribution in [0.4, 0.5) is 5.82 Å². The van der Waals surface area contributed by atoms with Crippen LogP contribution >= 0.6 is 0 Å². The van der Waals surface area contributed by atoms with Gasteiger partial charge < -0.3 is 9.84 Å². The van der Waals surface area contributed by atoms with Crippen molar-refractivity contribution >= 4 is 21.7 Å². The first kappa shape index (κ1) is 17.2. The van der Waals surface area contributed by atoms with Crippen molar-refractivity contribution in [1.29, 1.82) is 0 Å². The van der Waals surface area contributed by atoms with E-state index in [1.165, 1.54) is 0 Å². The van der Waals surface area contributed by atoms with Gasteiger partial charge in [0.15, 0.2) is 5.82 Å². The third kappa shape index (κ3) is 4.17. The second-order valence-electron chi connectivity index (χ2n) is 5.42. The van der Waals surface area contributed by atoms with Gasteiger partial charge in [-0.05, 0) is 38.8 Å². The maximum Gasteiger partial charge on any atom is 0.241 e. The molecule has 2 rings (SSSR count). The molecule has 1 aromatic heterocycles. The number of rotatable bonds is 5. The van der Waals surface area contributed by atoms with E-state index in [9.17, 15) is 13.2 Å². The van der Waals surface area contributed by atoms with E-state index in [4.69, 9.17) is 4.52 Å². The number of benzene rings is 1. The fraction of sp³-hybridized carbons (Fsp3) is 0.333. The number of aryl methyl sites for hydroxylation is 4. The van der Waals surface area contributed by atoms with Crippen LogP contribution in [0, 0.1) is 27.7 Å². The number of hydrogen-bond donors (Lipinski definition) is 2. The summed E-state index contributed by atoms with van der Waals surface area (Å²) in [7, 11) is -3.78. The van der Waals surface area contributed by atoms with E-state index in [1.807, 2.05) is 6.92 Å². The predicted molar refractivity (Wildman–Crippen MR) is 85.7 cm³/mol. The van der Waals surface area contributed by atoms with Crippen molar-refractivity contribution in [1.82, 2.24) is 9.88 Å². The monoisotopic (exact) mass is 337 g/mol. The third-order valence-corrected chi connectivity index (χ3v) is 4.90. The van der Waals surface area contributed by atoms with Crippen LogP contribution in [0.15, 0.2) is 27.6 Å². The summed E-state index contributed by atoms with van der Waals surface area (Å²) in [5.41, 5.74) is 2.27. The lowest BCUT2D eigenvalue weighted by Crippen LogP contribution is -2.33. The molecule has 0 radical (unpaired) electrons. The van der Waals surface area contributed by atoms with Crippen molar-refractivity contribution < 1.29 is 17.7 Å². The molecule has 2 aromatic rings. The predicted octanol–water partition coefficient (Wildman–Crippen LogP) is 1.83. The third-order valence-electron chi connectivity index (χ3n) is 3.19. The molecule has 2 N–H and O–H groups in total. The second kappa shape index (κ2) is 6.51. The normalized spacial score (nSPS) is 11.5. The summed E-state index contributed by atoms with van der Waals surface area (Å²) in [6.07, 6.45) is 0. The average Bonchev–Trinajstić information content (AvgIpc) is 2.80. The number of anilines is 1. The fourth-order valence-electron chi connectivity index (χ4n) is 2.44. The summed E-state index contributed by atoms with van der Waals surface area (Å²) in [6.45, 7) is 6.66. The van der Waals surface area contributed by atoms with Gasteiger partial charge in [0, 0.05) is 6.07 Å². The van der Waals surface area contributed by atoms with Gasteiger partial charge in [-0.25, -0.2) is 13.1 Å². The Morgan fingerprint density at radius 2 is 1.74 bits per heavy atom. The first-order chi connectivity index (χ1) is 10.7. The van der Waals surface area contributed by atoms with E-state index < -0.39 is 15.9 Å². The molecule has 7 nitrogen and oxygen atoms in total. The number of aromatic nitrogens is 1. The van der Waals surface area contributed by atoms with E-state index in [2.05, 4.69) is 15.2 Å². The number of amides is 1. The van der Waals surface area contributed by atoms with Crippen LogP contribution in [-0.2, 0) is 14.8 Å². The first-order valence-corrected chi connectivity index (χ1v) is 8.48. The highest BCUT2D eigenvalue weighted by atomic mass is 32.2. The van der Waals surface area contributed by atoms with Crippen molar-refractivity contribution in [3.8, 4) is 0 Å². The highest BCUT2D eigenvalue weighted by Gasteiger charge is 2.20.